The van der Waals surface area contributed by atoms with Crippen molar-refractivity contribution in [1.82, 2.24) is 19.5 Å². The van der Waals surface area contributed by atoms with E-state index in [4.69, 9.17) is 0 Å². The molecule has 5 nitrogen and oxygen atoms in total. The summed E-state index contributed by atoms with van der Waals surface area (Å²) in [5.41, 5.74) is 2.31. The van der Waals surface area contributed by atoms with Crippen LogP contribution < -0.4 is 5.32 Å². The van der Waals surface area contributed by atoms with Gasteiger partial charge in [-0.1, -0.05) is 20.3 Å². The summed E-state index contributed by atoms with van der Waals surface area (Å²) < 4.78 is 2.04. The summed E-state index contributed by atoms with van der Waals surface area (Å²) in [6.45, 7) is 5.28. The summed E-state index contributed by atoms with van der Waals surface area (Å²) in [7, 11) is 2.01. The number of anilines is 1. The Bertz CT molecular complexity index is 547. The third-order valence-electron chi connectivity index (χ3n) is 3.32. The van der Waals surface area contributed by atoms with Gasteiger partial charge in [0.05, 0.1) is 5.69 Å². The highest BCUT2D eigenvalue weighted by molar-refractivity contribution is 5.46. The van der Waals surface area contributed by atoms with Crippen LogP contribution in [0.4, 0.5) is 5.82 Å². The van der Waals surface area contributed by atoms with E-state index in [1.807, 2.05) is 24.0 Å². The Morgan fingerprint density at radius 2 is 2.00 bits per heavy atom. The molecule has 0 saturated carbocycles. The van der Waals surface area contributed by atoms with Crippen LogP contribution in [0.25, 0.3) is 0 Å². The Kier molecular flexibility index (Phi) is 5.09. The van der Waals surface area contributed by atoms with Gasteiger partial charge in [-0.3, -0.25) is 0 Å². The number of rotatable bonds is 7. The average molecular weight is 273 g/mol. The molecule has 0 aromatic carbocycles. The van der Waals surface area contributed by atoms with Gasteiger partial charge in [-0.05, 0) is 12.8 Å². The predicted molar refractivity (Wildman–Crippen MR) is 80.8 cm³/mol. The van der Waals surface area contributed by atoms with E-state index in [0.717, 1.165) is 49.6 Å². The second kappa shape index (κ2) is 7.03. The standard InChI is InChI=1S/C15H23N5/c1-4-6-12-13(10-14-16-8-9-20(14)3)18-11-19-15(12)17-7-5-2/h8-9,11H,4-7,10H2,1-3H3,(H,17,18,19). The van der Waals surface area contributed by atoms with Crippen molar-refractivity contribution in [2.45, 2.75) is 39.5 Å². The highest BCUT2D eigenvalue weighted by Crippen LogP contribution is 2.19. The molecule has 1 N–H and O–H groups in total. The molecular weight excluding hydrogens is 250 g/mol. The SMILES string of the molecule is CCCNc1ncnc(Cc2nccn2C)c1CCC. The van der Waals surface area contributed by atoms with E-state index in [1.165, 1.54) is 5.56 Å². The van der Waals surface area contributed by atoms with Crippen LogP contribution in [0.15, 0.2) is 18.7 Å². The second-order valence-electron chi connectivity index (χ2n) is 4.96. The van der Waals surface area contributed by atoms with Gasteiger partial charge in [0.2, 0.25) is 0 Å². The van der Waals surface area contributed by atoms with Gasteiger partial charge in [-0.2, -0.15) is 0 Å². The number of nitrogens with zero attached hydrogens (tertiary/aromatic N) is 4. The van der Waals surface area contributed by atoms with Gasteiger partial charge in [-0.25, -0.2) is 15.0 Å². The van der Waals surface area contributed by atoms with E-state index >= 15 is 0 Å². The maximum Gasteiger partial charge on any atom is 0.132 e. The molecule has 20 heavy (non-hydrogen) atoms. The summed E-state index contributed by atoms with van der Waals surface area (Å²) >= 11 is 0. The molecule has 2 aromatic heterocycles. The lowest BCUT2D eigenvalue weighted by molar-refractivity contribution is 0.790. The molecule has 0 unspecified atom stereocenters. The topological polar surface area (TPSA) is 55.6 Å². The molecule has 0 amide bonds. The lowest BCUT2D eigenvalue weighted by Crippen LogP contribution is -2.11. The zero-order chi connectivity index (χ0) is 14.4. The molecule has 5 heteroatoms. The van der Waals surface area contributed by atoms with Crippen LogP contribution in [0.3, 0.4) is 0 Å². The minimum atomic E-state index is 0.752. The van der Waals surface area contributed by atoms with E-state index in [-0.39, 0.29) is 0 Å². The molecule has 0 fully saturated rings. The van der Waals surface area contributed by atoms with Crippen molar-refractivity contribution in [3.8, 4) is 0 Å². The fraction of sp³-hybridized carbons (Fsp3) is 0.533. The first kappa shape index (κ1) is 14.5. The maximum absolute atomic E-state index is 4.48. The molecule has 0 saturated heterocycles. The summed E-state index contributed by atoms with van der Waals surface area (Å²) in [4.78, 5) is 13.3. The Labute approximate surface area is 120 Å². The molecule has 2 rings (SSSR count). The van der Waals surface area contributed by atoms with Crippen molar-refractivity contribution in [2.24, 2.45) is 7.05 Å². The van der Waals surface area contributed by atoms with Crippen LogP contribution >= 0.6 is 0 Å². The van der Waals surface area contributed by atoms with E-state index in [0.29, 0.717) is 0 Å². The van der Waals surface area contributed by atoms with Crippen molar-refractivity contribution in [3.05, 3.63) is 35.8 Å². The summed E-state index contributed by atoms with van der Waals surface area (Å²) in [6.07, 6.45) is 9.36. The first-order valence-corrected chi connectivity index (χ1v) is 7.29. The second-order valence-corrected chi connectivity index (χ2v) is 4.96. The number of imidazole rings is 1. The minimum absolute atomic E-state index is 0.752. The van der Waals surface area contributed by atoms with E-state index < -0.39 is 0 Å². The summed E-state index contributed by atoms with van der Waals surface area (Å²) in [6, 6.07) is 0. The lowest BCUT2D eigenvalue weighted by atomic mass is 10.1. The number of aryl methyl sites for hydroxylation is 1. The largest absolute Gasteiger partial charge is 0.370 e. The number of hydrogen-bond acceptors (Lipinski definition) is 4. The van der Waals surface area contributed by atoms with Crippen molar-refractivity contribution in [1.29, 1.82) is 0 Å². The quantitative estimate of drug-likeness (QED) is 0.842. The van der Waals surface area contributed by atoms with Gasteiger partial charge < -0.3 is 9.88 Å². The van der Waals surface area contributed by atoms with Crippen molar-refractivity contribution in [2.75, 3.05) is 11.9 Å². The molecule has 2 heterocycles. The van der Waals surface area contributed by atoms with Crippen LogP contribution in [0.5, 0.6) is 0 Å². The third kappa shape index (κ3) is 3.35. The zero-order valence-corrected chi connectivity index (χ0v) is 12.6. The van der Waals surface area contributed by atoms with Gasteiger partial charge in [0, 0.05) is 38.0 Å². The zero-order valence-electron chi connectivity index (χ0n) is 12.6. The highest BCUT2D eigenvalue weighted by atomic mass is 15.0. The molecule has 0 aliphatic heterocycles. The molecule has 0 radical (unpaired) electrons. The first-order valence-electron chi connectivity index (χ1n) is 7.29. The van der Waals surface area contributed by atoms with Gasteiger partial charge in [0.1, 0.15) is 18.0 Å². The Hall–Kier alpha value is -1.91. The maximum atomic E-state index is 4.48. The number of nitrogens with one attached hydrogen (secondary N) is 1. The third-order valence-corrected chi connectivity index (χ3v) is 3.32. The molecule has 0 aliphatic carbocycles. The monoisotopic (exact) mass is 273 g/mol. The molecule has 108 valence electrons. The van der Waals surface area contributed by atoms with Crippen molar-refractivity contribution in [3.63, 3.8) is 0 Å². The first-order chi connectivity index (χ1) is 9.76. The fourth-order valence-electron chi connectivity index (χ4n) is 2.23. The molecule has 0 atom stereocenters. The average Bonchev–Trinajstić information content (AvgIpc) is 2.85. The van der Waals surface area contributed by atoms with E-state index in [1.54, 1.807) is 6.33 Å². The lowest BCUT2D eigenvalue weighted by Gasteiger charge is -2.13. The van der Waals surface area contributed by atoms with E-state index in [9.17, 15) is 0 Å². The summed E-state index contributed by atoms with van der Waals surface area (Å²) in [5.74, 6) is 2.01. The summed E-state index contributed by atoms with van der Waals surface area (Å²) in [5, 5.41) is 3.40. The van der Waals surface area contributed by atoms with Gasteiger partial charge in [0.15, 0.2) is 0 Å². The fourth-order valence-corrected chi connectivity index (χ4v) is 2.23. The van der Waals surface area contributed by atoms with Crippen LogP contribution in [0, 0.1) is 0 Å². The molecular formula is C15H23N5. The van der Waals surface area contributed by atoms with Crippen LogP contribution in [-0.2, 0) is 19.9 Å². The van der Waals surface area contributed by atoms with E-state index in [2.05, 4.69) is 34.1 Å². The van der Waals surface area contributed by atoms with Crippen molar-refractivity contribution < 1.29 is 0 Å². The van der Waals surface area contributed by atoms with Gasteiger partial charge >= 0.3 is 0 Å². The predicted octanol–water partition coefficient (Wildman–Crippen LogP) is 2.58. The number of aromatic nitrogens is 4. The normalized spacial score (nSPS) is 10.8. The van der Waals surface area contributed by atoms with Crippen LogP contribution in [0.2, 0.25) is 0 Å². The highest BCUT2D eigenvalue weighted by Gasteiger charge is 2.12. The molecule has 0 bridgehead atoms. The molecule has 2 aromatic rings. The Morgan fingerprint density at radius 1 is 1.15 bits per heavy atom. The number of hydrogen-bond donors (Lipinski definition) is 1. The molecule has 0 spiro atoms. The van der Waals surface area contributed by atoms with Crippen LogP contribution in [-0.4, -0.2) is 26.1 Å². The van der Waals surface area contributed by atoms with Gasteiger partial charge in [-0.15, -0.1) is 0 Å². The van der Waals surface area contributed by atoms with Gasteiger partial charge in [0.25, 0.3) is 0 Å². The Balaban J connectivity index is 2.28. The smallest absolute Gasteiger partial charge is 0.132 e. The minimum Gasteiger partial charge on any atom is -0.370 e. The Morgan fingerprint density at radius 3 is 2.65 bits per heavy atom. The van der Waals surface area contributed by atoms with Crippen molar-refractivity contribution >= 4 is 5.82 Å². The van der Waals surface area contributed by atoms with Crippen LogP contribution in [0.1, 0.15) is 43.8 Å². The molecule has 0 aliphatic rings.